The van der Waals surface area contributed by atoms with E-state index in [9.17, 15) is 4.79 Å². The highest BCUT2D eigenvalue weighted by atomic mass is 16.5. The molecule has 1 aliphatic heterocycles. The van der Waals surface area contributed by atoms with Crippen molar-refractivity contribution in [2.75, 3.05) is 6.61 Å². The molecule has 1 saturated carbocycles. The van der Waals surface area contributed by atoms with Crippen molar-refractivity contribution in [2.24, 2.45) is 17.1 Å². The summed E-state index contributed by atoms with van der Waals surface area (Å²) in [4.78, 5) is 12.7. The normalized spacial score (nSPS) is 33.1. The summed E-state index contributed by atoms with van der Waals surface area (Å²) >= 11 is 0. The Kier molecular flexibility index (Phi) is 3.34. The van der Waals surface area contributed by atoms with Gasteiger partial charge in [-0.15, -0.1) is 0 Å². The summed E-state index contributed by atoms with van der Waals surface area (Å²) < 4.78 is 5.73. The number of hydrogen-bond donors (Lipinski definition) is 2. The maximum atomic E-state index is 12.7. The van der Waals surface area contributed by atoms with Crippen LogP contribution in [0.1, 0.15) is 31.4 Å². The van der Waals surface area contributed by atoms with Gasteiger partial charge in [-0.25, -0.2) is 0 Å². The van der Waals surface area contributed by atoms with Crippen LogP contribution >= 0.6 is 0 Å². The molecule has 3 rings (SSSR count). The summed E-state index contributed by atoms with van der Waals surface area (Å²) in [6.45, 7) is 7.36. The van der Waals surface area contributed by atoms with Crippen molar-refractivity contribution >= 4 is 5.91 Å². The number of nitrogens with two attached hydrogens (primary N) is 1. The second-order valence-electron chi connectivity index (χ2n) is 6.89. The molecule has 4 heteroatoms. The molecule has 1 aromatic carbocycles. The van der Waals surface area contributed by atoms with Crippen molar-refractivity contribution in [1.29, 1.82) is 0 Å². The largest absolute Gasteiger partial charge is 0.377 e. The Hall–Kier alpha value is -1.39. The number of ether oxygens (including phenoxy) is 1. The minimum Gasteiger partial charge on any atom is -0.377 e. The molecule has 114 valence electrons. The maximum Gasteiger partial charge on any atom is 0.241 e. The second kappa shape index (κ2) is 4.82. The maximum absolute atomic E-state index is 12.7. The van der Waals surface area contributed by atoms with Crippen molar-refractivity contribution in [3.05, 3.63) is 35.4 Å². The Balaban J connectivity index is 1.72. The van der Waals surface area contributed by atoms with Crippen LogP contribution < -0.4 is 11.1 Å². The van der Waals surface area contributed by atoms with Crippen LogP contribution in [0, 0.1) is 18.3 Å². The Labute approximate surface area is 126 Å². The summed E-state index contributed by atoms with van der Waals surface area (Å²) in [5.41, 5.74) is 7.69. The highest BCUT2D eigenvalue weighted by Gasteiger charge is 2.71. The summed E-state index contributed by atoms with van der Waals surface area (Å²) in [6, 6.07) is 8.07. The van der Waals surface area contributed by atoms with E-state index in [4.69, 9.17) is 10.5 Å². The van der Waals surface area contributed by atoms with Gasteiger partial charge in [-0.1, -0.05) is 38.1 Å². The lowest BCUT2D eigenvalue weighted by molar-refractivity contribution is -0.175. The Morgan fingerprint density at radius 2 is 2.14 bits per heavy atom. The lowest BCUT2D eigenvalue weighted by Crippen LogP contribution is -2.80. The van der Waals surface area contributed by atoms with Gasteiger partial charge in [0.05, 0.1) is 6.10 Å². The van der Waals surface area contributed by atoms with E-state index in [0.29, 0.717) is 13.2 Å². The molecule has 0 spiro atoms. The highest BCUT2D eigenvalue weighted by molar-refractivity contribution is 5.89. The fourth-order valence-electron chi connectivity index (χ4n) is 3.98. The number of carbonyl (C=O) groups excluding carboxylic acids is 1. The van der Waals surface area contributed by atoms with E-state index in [0.717, 1.165) is 12.0 Å². The van der Waals surface area contributed by atoms with Crippen LogP contribution in [-0.2, 0) is 16.1 Å². The molecule has 2 aliphatic rings. The van der Waals surface area contributed by atoms with Gasteiger partial charge in [-0.3, -0.25) is 4.79 Å². The van der Waals surface area contributed by atoms with Gasteiger partial charge in [0.15, 0.2) is 0 Å². The lowest BCUT2D eigenvalue weighted by Gasteiger charge is -2.60. The molecule has 1 saturated heterocycles. The molecule has 1 amide bonds. The average Bonchev–Trinajstić information content (AvgIpc) is 2.93. The molecule has 2 fully saturated rings. The molecule has 21 heavy (non-hydrogen) atoms. The number of fused-ring (bicyclic) bond motifs is 1. The number of carbonyl (C=O) groups is 1. The second-order valence-corrected chi connectivity index (χ2v) is 6.89. The predicted molar refractivity (Wildman–Crippen MR) is 81.6 cm³/mol. The van der Waals surface area contributed by atoms with Gasteiger partial charge >= 0.3 is 0 Å². The minimum absolute atomic E-state index is 0.0532. The summed E-state index contributed by atoms with van der Waals surface area (Å²) in [5.74, 6) is 0.0897. The molecule has 3 atom stereocenters. The molecule has 0 aromatic heterocycles. The van der Waals surface area contributed by atoms with Gasteiger partial charge in [0.25, 0.3) is 0 Å². The third-order valence-electron chi connectivity index (χ3n) is 5.53. The highest BCUT2D eigenvalue weighted by Crippen LogP contribution is 2.58. The average molecular weight is 288 g/mol. The summed E-state index contributed by atoms with van der Waals surface area (Å²) in [5, 5.41) is 3.03. The number of rotatable bonds is 3. The van der Waals surface area contributed by atoms with E-state index in [-0.39, 0.29) is 23.3 Å². The van der Waals surface area contributed by atoms with Gasteiger partial charge in [-0.05, 0) is 24.5 Å². The minimum atomic E-state index is -0.823. The number of amides is 1. The van der Waals surface area contributed by atoms with E-state index in [1.807, 2.05) is 45.0 Å². The van der Waals surface area contributed by atoms with E-state index in [2.05, 4.69) is 5.32 Å². The molecule has 0 bridgehead atoms. The zero-order chi connectivity index (χ0) is 15.3. The topological polar surface area (TPSA) is 64.4 Å². The van der Waals surface area contributed by atoms with Crippen LogP contribution in [-0.4, -0.2) is 24.2 Å². The van der Waals surface area contributed by atoms with Gasteiger partial charge in [0.1, 0.15) is 5.54 Å². The van der Waals surface area contributed by atoms with Crippen LogP contribution in [0.5, 0.6) is 0 Å². The van der Waals surface area contributed by atoms with Crippen molar-refractivity contribution in [1.82, 2.24) is 5.32 Å². The fraction of sp³-hybridized carbons (Fsp3) is 0.588. The van der Waals surface area contributed by atoms with E-state index in [1.54, 1.807) is 0 Å². The first-order valence-corrected chi connectivity index (χ1v) is 7.62. The first kappa shape index (κ1) is 14.5. The number of aryl methyl sites for hydroxylation is 1. The molecule has 3 N–H and O–H groups in total. The Morgan fingerprint density at radius 3 is 2.86 bits per heavy atom. The van der Waals surface area contributed by atoms with Gasteiger partial charge < -0.3 is 15.8 Å². The van der Waals surface area contributed by atoms with E-state index in [1.165, 1.54) is 5.56 Å². The third-order valence-corrected chi connectivity index (χ3v) is 5.53. The molecule has 4 nitrogen and oxygen atoms in total. The van der Waals surface area contributed by atoms with Crippen LogP contribution in [0.3, 0.4) is 0 Å². The number of benzene rings is 1. The predicted octanol–water partition coefficient (Wildman–Crippen LogP) is 1.75. The first-order valence-electron chi connectivity index (χ1n) is 7.62. The molecule has 1 heterocycles. The monoisotopic (exact) mass is 288 g/mol. The molecule has 1 aromatic rings. The number of hydrogen-bond acceptors (Lipinski definition) is 3. The van der Waals surface area contributed by atoms with Crippen LogP contribution in [0.4, 0.5) is 0 Å². The molecule has 0 radical (unpaired) electrons. The lowest BCUT2D eigenvalue weighted by atomic mass is 9.48. The third kappa shape index (κ3) is 1.93. The van der Waals surface area contributed by atoms with Crippen LogP contribution in [0.15, 0.2) is 24.3 Å². The summed E-state index contributed by atoms with van der Waals surface area (Å²) in [6.07, 6.45) is 0.995. The zero-order valence-electron chi connectivity index (χ0n) is 13.0. The molecule has 1 aliphatic carbocycles. The van der Waals surface area contributed by atoms with Crippen molar-refractivity contribution in [3.63, 3.8) is 0 Å². The van der Waals surface area contributed by atoms with Crippen LogP contribution in [0.25, 0.3) is 0 Å². The first-order chi connectivity index (χ1) is 9.89. The van der Waals surface area contributed by atoms with E-state index < -0.39 is 5.54 Å². The SMILES string of the molecule is Cc1ccccc1CNC(=O)C1(N)C2CCOC2C1(C)C. The zero-order valence-corrected chi connectivity index (χ0v) is 13.0. The van der Waals surface area contributed by atoms with Crippen molar-refractivity contribution < 1.29 is 9.53 Å². The van der Waals surface area contributed by atoms with Crippen LogP contribution in [0.2, 0.25) is 0 Å². The standard InChI is InChI=1S/C17H24N2O2/c1-11-6-4-5-7-12(11)10-19-15(20)17(18)13-8-9-21-14(13)16(17,2)3/h4-7,13-14H,8-10,18H2,1-3H3,(H,19,20). The Bertz CT molecular complexity index is 570. The van der Waals surface area contributed by atoms with Gasteiger partial charge in [-0.2, -0.15) is 0 Å². The molecular formula is C17H24N2O2. The van der Waals surface area contributed by atoms with E-state index >= 15 is 0 Å². The molecule has 3 unspecified atom stereocenters. The van der Waals surface area contributed by atoms with Crippen molar-refractivity contribution in [3.8, 4) is 0 Å². The summed E-state index contributed by atoms with van der Waals surface area (Å²) in [7, 11) is 0. The molecular weight excluding hydrogens is 264 g/mol. The fourth-order valence-corrected chi connectivity index (χ4v) is 3.98. The number of nitrogens with one attached hydrogen (secondary N) is 1. The quantitative estimate of drug-likeness (QED) is 0.890. The Morgan fingerprint density at radius 1 is 1.43 bits per heavy atom. The smallest absolute Gasteiger partial charge is 0.241 e. The van der Waals surface area contributed by atoms with Gasteiger partial charge in [0, 0.05) is 24.5 Å². The van der Waals surface area contributed by atoms with Crippen molar-refractivity contribution in [2.45, 2.75) is 45.4 Å². The van der Waals surface area contributed by atoms with Gasteiger partial charge in [0.2, 0.25) is 5.91 Å².